The Morgan fingerprint density at radius 3 is 2.57 bits per heavy atom. The highest BCUT2D eigenvalue weighted by atomic mass is 16.5. The largest absolute Gasteiger partial charge is 0.496 e. The van der Waals surface area contributed by atoms with E-state index in [1.807, 2.05) is 32.0 Å². The van der Waals surface area contributed by atoms with Gasteiger partial charge in [-0.15, -0.1) is 0 Å². The Hall–Kier alpha value is -1.31. The third kappa shape index (κ3) is 1.79. The molecule has 76 valence electrons. The maximum Gasteiger partial charge on any atom is 0.163 e. The first kappa shape index (κ1) is 10.8. The highest BCUT2D eigenvalue weighted by Crippen LogP contribution is 2.29. The average Bonchev–Trinajstić information content (AvgIpc) is 2.64. The number of methoxy groups -OCH3 is 1. The second-order valence-electron chi connectivity index (χ2n) is 2.91. The van der Waals surface area contributed by atoms with Crippen molar-refractivity contribution in [3.8, 4) is 5.75 Å². The third-order valence-electron chi connectivity index (χ3n) is 2.26. The van der Waals surface area contributed by atoms with Crippen LogP contribution in [0.4, 0.5) is 0 Å². The van der Waals surface area contributed by atoms with Gasteiger partial charge in [-0.3, -0.25) is 4.79 Å². The highest BCUT2D eigenvalue weighted by molar-refractivity contribution is 6.01. The average molecular weight is 192 g/mol. The first-order valence-corrected chi connectivity index (χ1v) is 5.02. The third-order valence-corrected chi connectivity index (χ3v) is 2.26. The SMILES string of the molecule is CC.COc1cccc2c1CCC2=O. The van der Waals surface area contributed by atoms with Crippen molar-refractivity contribution in [2.45, 2.75) is 26.7 Å². The Bertz CT molecular complexity index is 329. The molecule has 0 fully saturated rings. The van der Waals surface area contributed by atoms with E-state index in [1.54, 1.807) is 7.11 Å². The lowest BCUT2D eigenvalue weighted by Crippen LogP contribution is -1.92. The normalized spacial score (nSPS) is 12.9. The van der Waals surface area contributed by atoms with Crippen molar-refractivity contribution >= 4 is 5.78 Å². The number of carbonyl (C=O) groups is 1. The zero-order valence-electron chi connectivity index (χ0n) is 8.96. The van der Waals surface area contributed by atoms with Crippen LogP contribution in [0, 0.1) is 0 Å². The van der Waals surface area contributed by atoms with Crippen molar-refractivity contribution < 1.29 is 9.53 Å². The van der Waals surface area contributed by atoms with Crippen molar-refractivity contribution in [1.82, 2.24) is 0 Å². The first-order chi connectivity index (χ1) is 6.83. The molecular weight excluding hydrogens is 176 g/mol. The number of hydrogen-bond acceptors (Lipinski definition) is 2. The molecule has 2 rings (SSSR count). The maximum atomic E-state index is 11.3. The standard InChI is InChI=1S/C10H10O2.C2H6/c1-12-10-4-2-3-7-8(10)5-6-9(7)11;1-2/h2-4H,5-6H2,1H3;1-2H3. The van der Waals surface area contributed by atoms with Gasteiger partial charge < -0.3 is 4.74 Å². The van der Waals surface area contributed by atoms with Crippen LogP contribution in [0.15, 0.2) is 18.2 Å². The van der Waals surface area contributed by atoms with Crippen LogP contribution in [0.1, 0.15) is 36.2 Å². The predicted octanol–water partition coefficient (Wildman–Crippen LogP) is 2.85. The van der Waals surface area contributed by atoms with E-state index in [0.29, 0.717) is 6.42 Å². The molecule has 0 atom stereocenters. The molecule has 0 saturated heterocycles. The lowest BCUT2D eigenvalue weighted by molar-refractivity contribution is 0.0994. The molecule has 0 N–H and O–H groups in total. The van der Waals surface area contributed by atoms with E-state index in [-0.39, 0.29) is 5.78 Å². The van der Waals surface area contributed by atoms with Crippen LogP contribution in [0.2, 0.25) is 0 Å². The molecule has 1 aliphatic carbocycles. The van der Waals surface area contributed by atoms with Gasteiger partial charge in [0.05, 0.1) is 7.11 Å². The van der Waals surface area contributed by atoms with Crippen molar-refractivity contribution in [2.24, 2.45) is 0 Å². The quantitative estimate of drug-likeness (QED) is 0.684. The van der Waals surface area contributed by atoms with E-state index in [9.17, 15) is 4.79 Å². The number of ether oxygens (including phenoxy) is 1. The van der Waals surface area contributed by atoms with Gasteiger partial charge in [-0.2, -0.15) is 0 Å². The van der Waals surface area contributed by atoms with Crippen LogP contribution in [-0.4, -0.2) is 12.9 Å². The van der Waals surface area contributed by atoms with Gasteiger partial charge in [-0.1, -0.05) is 26.0 Å². The minimum Gasteiger partial charge on any atom is -0.496 e. The molecule has 1 aromatic carbocycles. The Labute approximate surface area is 84.9 Å². The summed E-state index contributed by atoms with van der Waals surface area (Å²) in [4.78, 5) is 11.3. The summed E-state index contributed by atoms with van der Waals surface area (Å²) in [6, 6.07) is 5.63. The zero-order valence-corrected chi connectivity index (χ0v) is 8.96. The van der Waals surface area contributed by atoms with Gasteiger partial charge >= 0.3 is 0 Å². The fourth-order valence-electron chi connectivity index (χ4n) is 1.65. The Morgan fingerprint density at radius 1 is 1.21 bits per heavy atom. The molecule has 0 bridgehead atoms. The molecule has 0 radical (unpaired) electrons. The molecule has 1 aliphatic rings. The predicted molar refractivity (Wildman–Crippen MR) is 57.0 cm³/mol. The molecule has 0 aromatic heterocycles. The van der Waals surface area contributed by atoms with Crippen molar-refractivity contribution in [2.75, 3.05) is 7.11 Å². The molecule has 0 heterocycles. The number of carbonyl (C=O) groups excluding carboxylic acids is 1. The summed E-state index contributed by atoms with van der Waals surface area (Å²) in [5, 5.41) is 0. The van der Waals surface area contributed by atoms with Crippen LogP contribution in [-0.2, 0) is 6.42 Å². The van der Waals surface area contributed by atoms with Crippen LogP contribution in [0.25, 0.3) is 0 Å². The fraction of sp³-hybridized carbons (Fsp3) is 0.417. The first-order valence-electron chi connectivity index (χ1n) is 5.02. The minimum absolute atomic E-state index is 0.240. The van der Waals surface area contributed by atoms with Crippen molar-refractivity contribution in [3.63, 3.8) is 0 Å². The fourth-order valence-corrected chi connectivity index (χ4v) is 1.65. The number of benzene rings is 1. The Kier molecular flexibility index (Phi) is 3.69. The number of Topliss-reactive ketones (excluding diaryl/α,β-unsaturated/α-hetero) is 1. The summed E-state index contributed by atoms with van der Waals surface area (Å²) in [5.74, 6) is 1.09. The smallest absolute Gasteiger partial charge is 0.163 e. The van der Waals surface area contributed by atoms with Crippen molar-refractivity contribution in [1.29, 1.82) is 0 Å². The molecule has 2 heteroatoms. The van der Waals surface area contributed by atoms with Gasteiger partial charge in [0.25, 0.3) is 0 Å². The lowest BCUT2D eigenvalue weighted by atomic mass is 10.1. The number of fused-ring (bicyclic) bond motifs is 1. The van der Waals surface area contributed by atoms with Gasteiger partial charge in [0.2, 0.25) is 0 Å². The van der Waals surface area contributed by atoms with E-state index >= 15 is 0 Å². The molecule has 0 unspecified atom stereocenters. The molecule has 0 spiro atoms. The summed E-state index contributed by atoms with van der Waals surface area (Å²) in [5.41, 5.74) is 1.92. The van der Waals surface area contributed by atoms with Gasteiger partial charge in [-0.05, 0) is 12.5 Å². The summed E-state index contributed by atoms with van der Waals surface area (Å²) >= 11 is 0. The van der Waals surface area contributed by atoms with Gasteiger partial charge in [0.1, 0.15) is 5.75 Å². The lowest BCUT2D eigenvalue weighted by Gasteiger charge is -2.04. The van der Waals surface area contributed by atoms with E-state index in [1.165, 1.54) is 0 Å². The highest BCUT2D eigenvalue weighted by Gasteiger charge is 2.21. The van der Waals surface area contributed by atoms with Crippen LogP contribution < -0.4 is 4.74 Å². The summed E-state index contributed by atoms with van der Waals surface area (Å²) in [7, 11) is 1.64. The van der Waals surface area contributed by atoms with E-state index < -0.39 is 0 Å². The monoisotopic (exact) mass is 192 g/mol. The summed E-state index contributed by atoms with van der Waals surface area (Å²) < 4.78 is 5.15. The Balaban J connectivity index is 0.000000461. The maximum absolute atomic E-state index is 11.3. The van der Waals surface area contributed by atoms with Crippen LogP contribution >= 0.6 is 0 Å². The summed E-state index contributed by atoms with van der Waals surface area (Å²) in [6.45, 7) is 4.00. The molecule has 1 aromatic rings. The van der Waals surface area contributed by atoms with Gasteiger partial charge in [0, 0.05) is 17.5 Å². The molecule has 14 heavy (non-hydrogen) atoms. The topological polar surface area (TPSA) is 26.3 Å². The van der Waals surface area contributed by atoms with E-state index in [2.05, 4.69) is 0 Å². The zero-order chi connectivity index (χ0) is 10.6. The summed E-state index contributed by atoms with van der Waals surface area (Å²) in [6.07, 6.45) is 1.47. The van der Waals surface area contributed by atoms with E-state index in [4.69, 9.17) is 4.74 Å². The minimum atomic E-state index is 0.240. The van der Waals surface area contributed by atoms with Crippen LogP contribution in [0.3, 0.4) is 0 Å². The second kappa shape index (κ2) is 4.80. The Morgan fingerprint density at radius 2 is 1.93 bits per heavy atom. The molecular formula is C12H16O2. The van der Waals surface area contributed by atoms with E-state index in [0.717, 1.165) is 23.3 Å². The number of rotatable bonds is 1. The van der Waals surface area contributed by atoms with Crippen molar-refractivity contribution in [3.05, 3.63) is 29.3 Å². The molecule has 0 aliphatic heterocycles. The molecule has 0 amide bonds. The molecule has 0 saturated carbocycles. The molecule has 2 nitrogen and oxygen atoms in total. The second-order valence-corrected chi connectivity index (χ2v) is 2.91. The van der Waals surface area contributed by atoms with Crippen LogP contribution in [0.5, 0.6) is 5.75 Å². The van der Waals surface area contributed by atoms with Gasteiger partial charge in [-0.25, -0.2) is 0 Å². The number of ketones is 1. The van der Waals surface area contributed by atoms with Gasteiger partial charge in [0.15, 0.2) is 5.78 Å². The number of hydrogen-bond donors (Lipinski definition) is 0.